The standard InChI is InChI=1S/C26H35N5O4/c1-4-34-22(32)8-6-5-7-15-35-21-11-9-20(10-12-21)23-24-25(31(18-27-24)19(2)3)29-26(28-23)30-13-16-33-17-14-30/h9-12,18-19H,4-8,13-17H2,1-3H3. The molecule has 3 heterocycles. The van der Waals surface area contributed by atoms with Crippen LogP contribution >= 0.6 is 0 Å². The number of morpholine rings is 1. The Morgan fingerprint density at radius 2 is 1.86 bits per heavy atom. The van der Waals surface area contributed by atoms with Crippen LogP contribution in [0.3, 0.4) is 0 Å². The van der Waals surface area contributed by atoms with Gasteiger partial charge in [-0.15, -0.1) is 0 Å². The van der Waals surface area contributed by atoms with E-state index in [2.05, 4.69) is 28.3 Å². The highest BCUT2D eigenvalue weighted by Gasteiger charge is 2.20. The van der Waals surface area contributed by atoms with Gasteiger partial charge < -0.3 is 23.7 Å². The van der Waals surface area contributed by atoms with Crippen molar-refractivity contribution >= 4 is 23.1 Å². The number of carbonyl (C=O) groups is 1. The van der Waals surface area contributed by atoms with Crippen LogP contribution in [0.5, 0.6) is 5.75 Å². The third-order valence-corrected chi connectivity index (χ3v) is 5.99. The molecule has 0 saturated carbocycles. The lowest BCUT2D eigenvalue weighted by Crippen LogP contribution is -2.37. The highest BCUT2D eigenvalue weighted by molar-refractivity contribution is 5.88. The lowest BCUT2D eigenvalue weighted by Gasteiger charge is -2.27. The first-order chi connectivity index (χ1) is 17.1. The van der Waals surface area contributed by atoms with Gasteiger partial charge in [-0.05, 0) is 64.3 Å². The third-order valence-electron chi connectivity index (χ3n) is 5.99. The highest BCUT2D eigenvalue weighted by Crippen LogP contribution is 2.30. The van der Waals surface area contributed by atoms with E-state index in [1.807, 2.05) is 37.5 Å². The molecule has 2 aromatic heterocycles. The van der Waals surface area contributed by atoms with Crippen molar-refractivity contribution in [1.82, 2.24) is 19.5 Å². The molecule has 0 N–H and O–H groups in total. The van der Waals surface area contributed by atoms with Gasteiger partial charge in [0.2, 0.25) is 5.95 Å². The van der Waals surface area contributed by atoms with E-state index >= 15 is 0 Å². The molecule has 0 spiro atoms. The van der Waals surface area contributed by atoms with E-state index in [4.69, 9.17) is 24.2 Å². The minimum atomic E-state index is -0.127. The molecule has 1 fully saturated rings. The van der Waals surface area contributed by atoms with Gasteiger partial charge >= 0.3 is 5.97 Å². The maximum Gasteiger partial charge on any atom is 0.305 e. The number of imidazole rings is 1. The molecule has 0 unspecified atom stereocenters. The number of esters is 1. The summed E-state index contributed by atoms with van der Waals surface area (Å²) in [7, 11) is 0. The van der Waals surface area contributed by atoms with Crippen molar-refractivity contribution in [3.63, 3.8) is 0 Å². The molecule has 0 radical (unpaired) electrons. The number of nitrogens with zero attached hydrogens (tertiary/aromatic N) is 5. The average Bonchev–Trinajstić information content (AvgIpc) is 3.31. The van der Waals surface area contributed by atoms with Gasteiger partial charge in [-0.3, -0.25) is 4.79 Å². The van der Waals surface area contributed by atoms with E-state index < -0.39 is 0 Å². The maximum atomic E-state index is 11.4. The van der Waals surface area contributed by atoms with E-state index in [0.717, 1.165) is 60.5 Å². The summed E-state index contributed by atoms with van der Waals surface area (Å²) in [5.74, 6) is 1.39. The lowest BCUT2D eigenvalue weighted by atomic mass is 10.1. The van der Waals surface area contributed by atoms with Crippen molar-refractivity contribution in [2.75, 3.05) is 44.4 Å². The Kier molecular flexibility index (Phi) is 8.52. The molecule has 0 amide bonds. The first kappa shape index (κ1) is 24.9. The van der Waals surface area contributed by atoms with Crippen molar-refractivity contribution in [1.29, 1.82) is 0 Å². The molecular weight excluding hydrogens is 446 g/mol. The quantitative estimate of drug-likeness (QED) is 0.294. The number of unbranched alkanes of at least 4 members (excludes halogenated alkanes) is 2. The Labute approximate surface area is 206 Å². The molecule has 0 atom stereocenters. The molecule has 1 aromatic carbocycles. The van der Waals surface area contributed by atoms with Gasteiger partial charge in [0.25, 0.3) is 0 Å². The summed E-state index contributed by atoms with van der Waals surface area (Å²) in [5, 5.41) is 0. The van der Waals surface area contributed by atoms with Gasteiger partial charge in [0.05, 0.1) is 32.8 Å². The Bertz CT molecular complexity index is 1110. The van der Waals surface area contributed by atoms with E-state index in [1.54, 1.807) is 0 Å². The summed E-state index contributed by atoms with van der Waals surface area (Å²) in [6.45, 7) is 10.0. The summed E-state index contributed by atoms with van der Waals surface area (Å²) in [5.41, 5.74) is 3.43. The number of ether oxygens (including phenoxy) is 3. The summed E-state index contributed by atoms with van der Waals surface area (Å²) in [4.78, 5) is 28.0. The SMILES string of the molecule is CCOC(=O)CCCCCOc1ccc(-c2nc(N3CCOCC3)nc3c2ncn3C(C)C)cc1. The molecule has 9 nitrogen and oxygen atoms in total. The summed E-state index contributed by atoms with van der Waals surface area (Å²) >= 11 is 0. The number of fused-ring (bicyclic) bond motifs is 1. The normalized spacial score (nSPS) is 14.0. The van der Waals surface area contributed by atoms with Gasteiger partial charge in [-0.2, -0.15) is 4.98 Å². The smallest absolute Gasteiger partial charge is 0.305 e. The lowest BCUT2D eigenvalue weighted by molar-refractivity contribution is -0.143. The fourth-order valence-corrected chi connectivity index (χ4v) is 4.07. The van der Waals surface area contributed by atoms with Crippen molar-refractivity contribution in [2.24, 2.45) is 0 Å². The van der Waals surface area contributed by atoms with E-state index in [0.29, 0.717) is 38.8 Å². The van der Waals surface area contributed by atoms with Crippen LogP contribution in [0.2, 0.25) is 0 Å². The highest BCUT2D eigenvalue weighted by atomic mass is 16.5. The van der Waals surface area contributed by atoms with Gasteiger partial charge in [-0.1, -0.05) is 0 Å². The first-order valence-corrected chi connectivity index (χ1v) is 12.5. The minimum Gasteiger partial charge on any atom is -0.494 e. The number of rotatable bonds is 11. The Morgan fingerprint density at radius 1 is 1.09 bits per heavy atom. The molecule has 9 heteroatoms. The van der Waals surface area contributed by atoms with Gasteiger partial charge in [-0.25, -0.2) is 9.97 Å². The molecule has 1 aliphatic rings. The molecule has 188 valence electrons. The average molecular weight is 482 g/mol. The monoisotopic (exact) mass is 481 g/mol. The zero-order chi connectivity index (χ0) is 24.6. The Hall–Kier alpha value is -3.20. The fourth-order valence-electron chi connectivity index (χ4n) is 4.07. The molecular formula is C26H35N5O4. The first-order valence-electron chi connectivity index (χ1n) is 12.5. The summed E-state index contributed by atoms with van der Waals surface area (Å²) in [6.07, 6.45) is 4.95. The topological polar surface area (TPSA) is 91.6 Å². The van der Waals surface area contributed by atoms with Crippen LogP contribution in [0.1, 0.15) is 52.5 Å². The second-order valence-corrected chi connectivity index (χ2v) is 8.88. The molecule has 1 saturated heterocycles. The third kappa shape index (κ3) is 6.28. The van der Waals surface area contributed by atoms with Crippen molar-refractivity contribution < 1.29 is 19.0 Å². The Morgan fingerprint density at radius 3 is 2.57 bits per heavy atom. The molecule has 3 aromatic rings. The number of hydrogen-bond acceptors (Lipinski definition) is 8. The minimum absolute atomic E-state index is 0.127. The van der Waals surface area contributed by atoms with Crippen molar-refractivity contribution in [2.45, 2.75) is 52.5 Å². The number of anilines is 1. The van der Waals surface area contributed by atoms with Gasteiger partial charge in [0.15, 0.2) is 5.65 Å². The predicted molar refractivity (Wildman–Crippen MR) is 135 cm³/mol. The van der Waals surface area contributed by atoms with Crippen LogP contribution < -0.4 is 9.64 Å². The zero-order valence-corrected chi connectivity index (χ0v) is 20.9. The van der Waals surface area contributed by atoms with Crippen LogP contribution in [0.4, 0.5) is 5.95 Å². The van der Waals surface area contributed by atoms with E-state index in [-0.39, 0.29) is 12.0 Å². The number of aromatic nitrogens is 4. The van der Waals surface area contributed by atoms with E-state index in [9.17, 15) is 4.79 Å². The molecule has 35 heavy (non-hydrogen) atoms. The van der Waals surface area contributed by atoms with Crippen LogP contribution in [0.25, 0.3) is 22.4 Å². The fraction of sp³-hybridized carbons (Fsp3) is 0.538. The number of carbonyl (C=O) groups excluding carboxylic acids is 1. The van der Waals surface area contributed by atoms with Gasteiger partial charge in [0, 0.05) is 31.1 Å². The summed E-state index contributed by atoms with van der Waals surface area (Å²) < 4.78 is 18.5. The number of hydrogen-bond donors (Lipinski definition) is 0. The van der Waals surface area contributed by atoms with Crippen LogP contribution in [-0.4, -0.2) is 65.0 Å². The van der Waals surface area contributed by atoms with E-state index in [1.165, 1.54) is 0 Å². The zero-order valence-electron chi connectivity index (χ0n) is 20.9. The van der Waals surface area contributed by atoms with Crippen LogP contribution in [0.15, 0.2) is 30.6 Å². The van der Waals surface area contributed by atoms with Gasteiger partial charge in [0.1, 0.15) is 17.0 Å². The van der Waals surface area contributed by atoms with Crippen molar-refractivity contribution in [3.8, 4) is 17.0 Å². The molecule has 1 aliphatic heterocycles. The molecule has 4 rings (SSSR count). The second kappa shape index (κ2) is 12.0. The molecule has 0 aliphatic carbocycles. The van der Waals surface area contributed by atoms with Crippen LogP contribution in [0, 0.1) is 0 Å². The van der Waals surface area contributed by atoms with Crippen LogP contribution in [-0.2, 0) is 14.3 Å². The molecule has 0 bridgehead atoms. The number of benzene rings is 1. The predicted octanol–water partition coefficient (Wildman–Crippen LogP) is 4.41. The maximum absolute atomic E-state index is 11.4. The Balaban J connectivity index is 1.45. The second-order valence-electron chi connectivity index (χ2n) is 8.88. The summed E-state index contributed by atoms with van der Waals surface area (Å²) in [6, 6.07) is 8.23. The van der Waals surface area contributed by atoms with Crippen molar-refractivity contribution in [3.05, 3.63) is 30.6 Å². The largest absolute Gasteiger partial charge is 0.494 e.